The van der Waals surface area contributed by atoms with E-state index >= 15 is 0 Å². The van der Waals surface area contributed by atoms with E-state index in [0.717, 1.165) is 31.9 Å². The van der Waals surface area contributed by atoms with Crippen LogP contribution in [0.2, 0.25) is 0 Å². The maximum atomic E-state index is 5.26. The summed E-state index contributed by atoms with van der Waals surface area (Å²) in [6, 6.07) is 6.38. The molecule has 0 aliphatic carbocycles. The van der Waals surface area contributed by atoms with E-state index in [1.54, 1.807) is 7.11 Å². The van der Waals surface area contributed by atoms with E-state index in [1.165, 1.54) is 11.3 Å². The molecular weight excluding hydrogens is 188 g/mol. The lowest BCUT2D eigenvalue weighted by molar-refractivity contribution is 0.411. The minimum atomic E-state index is 0.967. The maximum absolute atomic E-state index is 5.26. The summed E-state index contributed by atoms with van der Waals surface area (Å²) in [6.45, 7) is 6.41. The second kappa shape index (κ2) is 4.53. The molecule has 0 saturated carbocycles. The van der Waals surface area contributed by atoms with Gasteiger partial charge in [-0.05, 0) is 30.7 Å². The van der Waals surface area contributed by atoms with Crippen molar-refractivity contribution in [2.75, 3.05) is 38.2 Å². The Hall–Kier alpha value is -1.22. The number of aryl methyl sites for hydroxylation is 1. The van der Waals surface area contributed by atoms with Crippen LogP contribution in [0.15, 0.2) is 18.2 Å². The van der Waals surface area contributed by atoms with Crippen LogP contribution in [-0.4, -0.2) is 33.3 Å². The lowest BCUT2D eigenvalue weighted by Gasteiger charge is -2.29. The zero-order valence-corrected chi connectivity index (χ0v) is 9.42. The van der Waals surface area contributed by atoms with Gasteiger partial charge in [0, 0.05) is 31.9 Å². The third-order valence-corrected chi connectivity index (χ3v) is 2.86. The molecule has 1 saturated heterocycles. The molecule has 0 spiro atoms. The Balaban J connectivity index is 2.17. The largest absolute Gasteiger partial charge is 0.496 e. The van der Waals surface area contributed by atoms with E-state index in [0.29, 0.717) is 0 Å². The van der Waals surface area contributed by atoms with Crippen LogP contribution in [0.5, 0.6) is 5.75 Å². The molecule has 0 aromatic heterocycles. The minimum Gasteiger partial charge on any atom is -0.496 e. The predicted octanol–water partition coefficient (Wildman–Crippen LogP) is 1.41. The Kier molecular flexibility index (Phi) is 3.11. The van der Waals surface area contributed by atoms with Gasteiger partial charge >= 0.3 is 0 Å². The Morgan fingerprint density at radius 2 is 2.00 bits per heavy atom. The van der Waals surface area contributed by atoms with Crippen molar-refractivity contribution in [1.82, 2.24) is 5.32 Å². The standard InChI is InChI=1S/C12H18N2O/c1-10-9-11(3-4-12(10)15-2)14-7-5-13-6-8-14/h3-4,9,13H,5-8H2,1-2H3. The van der Waals surface area contributed by atoms with Crippen LogP contribution in [0.4, 0.5) is 5.69 Å². The Bertz CT molecular complexity index is 332. The van der Waals surface area contributed by atoms with Crippen molar-refractivity contribution in [3.8, 4) is 5.75 Å². The van der Waals surface area contributed by atoms with Crippen LogP contribution in [0.3, 0.4) is 0 Å². The van der Waals surface area contributed by atoms with Crippen LogP contribution < -0.4 is 15.0 Å². The van der Waals surface area contributed by atoms with Gasteiger partial charge in [-0.15, -0.1) is 0 Å². The maximum Gasteiger partial charge on any atom is 0.121 e. The quantitative estimate of drug-likeness (QED) is 0.792. The number of methoxy groups -OCH3 is 1. The first-order valence-electron chi connectivity index (χ1n) is 5.41. The lowest BCUT2D eigenvalue weighted by Crippen LogP contribution is -2.43. The van der Waals surface area contributed by atoms with Gasteiger partial charge < -0.3 is 15.0 Å². The van der Waals surface area contributed by atoms with Crippen molar-refractivity contribution >= 4 is 5.69 Å². The average molecular weight is 206 g/mol. The molecular formula is C12H18N2O. The van der Waals surface area contributed by atoms with Gasteiger partial charge in [-0.25, -0.2) is 0 Å². The molecule has 1 aromatic rings. The summed E-state index contributed by atoms with van der Waals surface area (Å²) in [5, 5.41) is 3.36. The SMILES string of the molecule is COc1ccc(N2CCNCC2)cc1C. The van der Waals surface area contributed by atoms with Crippen molar-refractivity contribution in [3.05, 3.63) is 23.8 Å². The lowest BCUT2D eigenvalue weighted by atomic mass is 10.1. The first-order chi connectivity index (χ1) is 7.31. The van der Waals surface area contributed by atoms with Crippen LogP contribution in [-0.2, 0) is 0 Å². The van der Waals surface area contributed by atoms with Crippen molar-refractivity contribution in [2.24, 2.45) is 0 Å². The number of rotatable bonds is 2. The summed E-state index contributed by atoms with van der Waals surface area (Å²) >= 11 is 0. The van der Waals surface area contributed by atoms with Gasteiger partial charge in [-0.2, -0.15) is 0 Å². The van der Waals surface area contributed by atoms with E-state index in [9.17, 15) is 0 Å². The van der Waals surface area contributed by atoms with E-state index in [1.807, 2.05) is 6.07 Å². The van der Waals surface area contributed by atoms with Crippen LogP contribution >= 0.6 is 0 Å². The second-order valence-corrected chi connectivity index (χ2v) is 3.89. The van der Waals surface area contributed by atoms with Gasteiger partial charge in [-0.1, -0.05) is 0 Å². The normalized spacial score (nSPS) is 16.5. The summed E-state index contributed by atoms with van der Waals surface area (Å²) in [7, 11) is 1.72. The number of piperazine rings is 1. The third-order valence-electron chi connectivity index (χ3n) is 2.86. The highest BCUT2D eigenvalue weighted by atomic mass is 16.5. The number of hydrogen-bond donors (Lipinski definition) is 1. The van der Waals surface area contributed by atoms with Crippen molar-refractivity contribution in [2.45, 2.75) is 6.92 Å². The smallest absolute Gasteiger partial charge is 0.121 e. The molecule has 1 aromatic carbocycles. The molecule has 3 heteroatoms. The second-order valence-electron chi connectivity index (χ2n) is 3.89. The highest BCUT2D eigenvalue weighted by Gasteiger charge is 2.11. The van der Waals surface area contributed by atoms with Crippen molar-refractivity contribution < 1.29 is 4.74 Å². The van der Waals surface area contributed by atoms with Gasteiger partial charge in [0.15, 0.2) is 0 Å². The highest BCUT2D eigenvalue weighted by Crippen LogP contribution is 2.24. The average Bonchev–Trinajstić information content (AvgIpc) is 2.30. The fraction of sp³-hybridized carbons (Fsp3) is 0.500. The summed E-state index contributed by atoms with van der Waals surface area (Å²) in [6.07, 6.45) is 0. The summed E-state index contributed by atoms with van der Waals surface area (Å²) in [5.41, 5.74) is 2.50. The van der Waals surface area contributed by atoms with E-state index in [2.05, 4.69) is 29.3 Å². The molecule has 1 fully saturated rings. The number of ether oxygens (including phenoxy) is 1. The molecule has 1 aliphatic rings. The number of nitrogens with zero attached hydrogens (tertiary/aromatic N) is 1. The Morgan fingerprint density at radius 3 is 2.60 bits per heavy atom. The minimum absolute atomic E-state index is 0.967. The van der Waals surface area contributed by atoms with Gasteiger partial charge in [-0.3, -0.25) is 0 Å². The molecule has 3 nitrogen and oxygen atoms in total. The molecule has 0 radical (unpaired) electrons. The molecule has 0 bridgehead atoms. The monoisotopic (exact) mass is 206 g/mol. The van der Waals surface area contributed by atoms with Crippen molar-refractivity contribution in [3.63, 3.8) is 0 Å². The third kappa shape index (κ3) is 2.23. The number of nitrogens with one attached hydrogen (secondary N) is 1. The number of hydrogen-bond acceptors (Lipinski definition) is 3. The van der Waals surface area contributed by atoms with Crippen LogP contribution in [0.1, 0.15) is 5.56 Å². The van der Waals surface area contributed by atoms with E-state index < -0.39 is 0 Å². The van der Waals surface area contributed by atoms with Crippen LogP contribution in [0.25, 0.3) is 0 Å². The summed E-state index contributed by atoms with van der Waals surface area (Å²) in [4.78, 5) is 2.41. The van der Waals surface area contributed by atoms with Gasteiger partial charge in [0.25, 0.3) is 0 Å². The van der Waals surface area contributed by atoms with Gasteiger partial charge in [0.2, 0.25) is 0 Å². The molecule has 2 rings (SSSR count). The number of benzene rings is 1. The van der Waals surface area contributed by atoms with Crippen molar-refractivity contribution in [1.29, 1.82) is 0 Å². The molecule has 0 atom stereocenters. The first-order valence-corrected chi connectivity index (χ1v) is 5.41. The summed E-state index contributed by atoms with van der Waals surface area (Å²) in [5.74, 6) is 0.967. The zero-order chi connectivity index (χ0) is 10.7. The molecule has 0 amide bonds. The number of anilines is 1. The van der Waals surface area contributed by atoms with E-state index in [-0.39, 0.29) is 0 Å². The molecule has 1 aliphatic heterocycles. The zero-order valence-electron chi connectivity index (χ0n) is 9.42. The molecule has 1 heterocycles. The molecule has 0 unspecified atom stereocenters. The van der Waals surface area contributed by atoms with Crippen LogP contribution in [0, 0.1) is 6.92 Å². The van der Waals surface area contributed by atoms with Gasteiger partial charge in [0.05, 0.1) is 7.11 Å². The molecule has 82 valence electrons. The summed E-state index contributed by atoms with van der Waals surface area (Å²) < 4.78 is 5.26. The fourth-order valence-corrected chi connectivity index (χ4v) is 1.98. The van der Waals surface area contributed by atoms with Gasteiger partial charge in [0.1, 0.15) is 5.75 Å². The topological polar surface area (TPSA) is 24.5 Å². The fourth-order valence-electron chi connectivity index (χ4n) is 1.98. The van der Waals surface area contributed by atoms with E-state index in [4.69, 9.17) is 4.74 Å². The Morgan fingerprint density at radius 1 is 1.27 bits per heavy atom. The first kappa shape index (κ1) is 10.3. The predicted molar refractivity (Wildman–Crippen MR) is 62.8 cm³/mol. The Labute approximate surface area is 91.0 Å². The molecule has 1 N–H and O–H groups in total. The highest BCUT2D eigenvalue weighted by molar-refractivity contribution is 5.53. The molecule has 15 heavy (non-hydrogen) atoms.